The molecule has 3 aliphatic rings. The van der Waals surface area contributed by atoms with Crippen molar-refractivity contribution in [2.24, 2.45) is 11.7 Å². The van der Waals surface area contributed by atoms with Crippen LogP contribution < -0.4 is 16.4 Å². The molecule has 2 fully saturated rings. The van der Waals surface area contributed by atoms with Crippen LogP contribution in [0.4, 0.5) is 0 Å². The number of rotatable bonds is 6. The second kappa shape index (κ2) is 7.40. The summed E-state index contributed by atoms with van der Waals surface area (Å²) < 4.78 is 0. The van der Waals surface area contributed by atoms with Crippen molar-refractivity contribution in [1.82, 2.24) is 15.5 Å². The van der Waals surface area contributed by atoms with Gasteiger partial charge in [-0.15, -0.1) is 0 Å². The molecule has 4 N–H and O–H groups in total. The van der Waals surface area contributed by atoms with E-state index in [2.05, 4.69) is 10.6 Å². The first-order chi connectivity index (χ1) is 13.0. The minimum atomic E-state index is -0.565. The summed E-state index contributed by atoms with van der Waals surface area (Å²) in [5.74, 6) is -0.128. The molecule has 3 amide bonds. The predicted molar refractivity (Wildman–Crippen MR) is 99.5 cm³/mol. The fourth-order valence-electron chi connectivity index (χ4n) is 4.16. The van der Waals surface area contributed by atoms with Crippen molar-refractivity contribution in [1.29, 1.82) is 0 Å². The molecule has 7 heteroatoms. The molecule has 1 saturated carbocycles. The lowest BCUT2D eigenvalue weighted by molar-refractivity contribution is -0.136. The van der Waals surface area contributed by atoms with Crippen molar-refractivity contribution in [3.8, 4) is 0 Å². The normalized spacial score (nSPS) is 23.8. The number of hydrogen-bond donors (Lipinski definition) is 3. The lowest BCUT2D eigenvalue weighted by Crippen LogP contribution is -2.52. The SMILES string of the molecule is NC(CNCc1ccc2c(c1)CN(C1CCC(=O)NC1=O)C2=O)C1CCC1. The molecule has 1 aliphatic carbocycles. The quantitative estimate of drug-likeness (QED) is 0.638. The molecule has 1 aromatic carbocycles. The van der Waals surface area contributed by atoms with E-state index in [-0.39, 0.29) is 30.2 Å². The van der Waals surface area contributed by atoms with E-state index in [1.165, 1.54) is 19.3 Å². The molecular formula is C20H26N4O3. The zero-order valence-electron chi connectivity index (χ0n) is 15.4. The molecule has 2 aliphatic heterocycles. The topological polar surface area (TPSA) is 105 Å². The van der Waals surface area contributed by atoms with Gasteiger partial charge in [0.15, 0.2) is 0 Å². The molecule has 0 bridgehead atoms. The Kier molecular flexibility index (Phi) is 4.97. The first-order valence-corrected chi connectivity index (χ1v) is 9.75. The summed E-state index contributed by atoms with van der Waals surface area (Å²) in [6, 6.07) is 5.46. The van der Waals surface area contributed by atoms with Crippen LogP contribution in [0.15, 0.2) is 18.2 Å². The zero-order chi connectivity index (χ0) is 19.0. The Morgan fingerprint density at radius 1 is 1.22 bits per heavy atom. The van der Waals surface area contributed by atoms with Crippen LogP contribution in [0.5, 0.6) is 0 Å². The van der Waals surface area contributed by atoms with Gasteiger partial charge in [0.25, 0.3) is 5.91 Å². The van der Waals surface area contributed by atoms with Crippen LogP contribution in [0, 0.1) is 5.92 Å². The van der Waals surface area contributed by atoms with Crippen molar-refractivity contribution < 1.29 is 14.4 Å². The van der Waals surface area contributed by atoms with Crippen LogP contribution in [0.2, 0.25) is 0 Å². The number of nitrogens with zero attached hydrogens (tertiary/aromatic N) is 1. The third kappa shape index (κ3) is 3.61. The summed E-state index contributed by atoms with van der Waals surface area (Å²) in [7, 11) is 0. The van der Waals surface area contributed by atoms with Gasteiger partial charge < -0.3 is 16.0 Å². The molecule has 2 atom stereocenters. The predicted octanol–water partition coefficient (Wildman–Crippen LogP) is 0.665. The van der Waals surface area contributed by atoms with Crippen LogP contribution >= 0.6 is 0 Å². The van der Waals surface area contributed by atoms with Crippen molar-refractivity contribution >= 4 is 17.7 Å². The summed E-state index contributed by atoms with van der Waals surface area (Å²) in [4.78, 5) is 37.7. The number of nitrogens with one attached hydrogen (secondary N) is 2. The van der Waals surface area contributed by atoms with Crippen LogP contribution in [-0.2, 0) is 22.7 Å². The minimum Gasteiger partial charge on any atom is -0.326 e. The van der Waals surface area contributed by atoms with E-state index in [0.717, 1.165) is 17.7 Å². The highest BCUT2D eigenvalue weighted by Gasteiger charge is 2.39. The Labute approximate surface area is 158 Å². The standard InChI is InChI=1S/C20H26N4O3/c21-16(13-2-1-3-13)10-22-9-12-4-5-15-14(8-12)11-24(20(15)27)17-6-7-18(25)23-19(17)26/h4-5,8,13,16-17,22H,1-3,6-7,9-11,21H2,(H,23,25,26). The number of piperidine rings is 1. The van der Waals surface area contributed by atoms with E-state index in [1.807, 2.05) is 18.2 Å². The second-order valence-corrected chi connectivity index (χ2v) is 7.88. The third-order valence-electron chi connectivity index (χ3n) is 6.05. The first-order valence-electron chi connectivity index (χ1n) is 9.75. The van der Waals surface area contributed by atoms with Crippen LogP contribution in [-0.4, -0.2) is 41.2 Å². The monoisotopic (exact) mass is 370 g/mol. The van der Waals surface area contributed by atoms with Gasteiger partial charge in [-0.05, 0) is 42.4 Å². The van der Waals surface area contributed by atoms with E-state index in [9.17, 15) is 14.4 Å². The Hall–Kier alpha value is -2.25. The Morgan fingerprint density at radius 2 is 2.04 bits per heavy atom. The molecular weight excluding hydrogens is 344 g/mol. The van der Waals surface area contributed by atoms with Crippen molar-refractivity contribution in [2.75, 3.05) is 6.54 Å². The maximum absolute atomic E-state index is 12.7. The summed E-state index contributed by atoms with van der Waals surface area (Å²) in [5, 5.41) is 5.74. The highest BCUT2D eigenvalue weighted by atomic mass is 16.2. The van der Waals surface area contributed by atoms with Gasteiger partial charge in [0.1, 0.15) is 6.04 Å². The largest absolute Gasteiger partial charge is 0.326 e. The van der Waals surface area contributed by atoms with Crippen molar-refractivity contribution in [3.63, 3.8) is 0 Å². The molecule has 0 radical (unpaired) electrons. The third-order valence-corrected chi connectivity index (χ3v) is 6.05. The number of hydrogen-bond acceptors (Lipinski definition) is 5. The van der Waals surface area contributed by atoms with Gasteiger partial charge in [-0.2, -0.15) is 0 Å². The van der Waals surface area contributed by atoms with E-state index in [4.69, 9.17) is 5.73 Å². The molecule has 2 heterocycles. The fraction of sp³-hybridized carbons (Fsp3) is 0.550. The van der Waals surface area contributed by atoms with Gasteiger partial charge in [0.05, 0.1) is 0 Å². The maximum atomic E-state index is 12.7. The number of carbonyl (C=O) groups excluding carboxylic acids is 3. The smallest absolute Gasteiger partial charge is 0.255 e. The number of imide groups is 1. The maximum Gasteiger partial charge on any atom is 0.255 e. The van der Waals surface area contributed by atoms with E-state index < -0.39 is 6.04 Å². The molecule has 1 saturated heterocycles. The average molecular weight is 370 g/mol. The fourth-order valence-corrected chi connectivity index (χ4v) is 4.16. The summed E-state index contributed by atoms with van der Waals surface area (Å²) >= 11 is 0. The lowest BCUT2D eigenvalue weighted by atomic mass is 9.80. The molecule has 27 heavy (non-hydrogen) atoms. The van der Waals surface area contributed by atoms with Crippen LogP contribution in [0.3, 0.4) is 0 Å². The summed E-state index contributed by atoms with van der Waals surface area (Å²) in [5.41, 5.74) is 8.89. The van der Waals surface area contributed by atoms with Crippen LogP contribution in [0.25, 0.3) is 0 Å². The average Bonchev–Trinajstić information content (AvgIpc) is 2.89. The molecule has 144 valence electrons. The highest BCUT2D eigenvalue weighted by Crippen LogP contribution is 2.29. The highest BCUT2D eigenvalue weighted by molar-refractivity contribution is 6.05. The van der Waals surface area contributed by atoms with Crippen LogP contribution in [0.1, 0.15) is 53.6 Å². The van der Waals surface area contributed by atoms with Crippen molar-refractivity contribution in [3.05, 3.63) is 34.9 Å². The van der Waals surface area contributed by atoms with Crippen molar-refractivity contribution in [2.45, 2.75) is 57.3 Å². The van der Waals surface area contributed by atoms with Gasteiger partial charge in [-0.25, -0.2) is 0 Å². The van der Waals surface area contributed by atoms with Gasteiger partial charge in [-0.1, -0.05) is 18.6 Å². The van der Waals surface area contributed by atoms with Gasteiger partial charge in [0.2, 0.25) is 11.8 Å². The number of amides is 3. The van der Waals surface area contributed by atoms with E-state index >= 15 is 0 Å². The number of benzene rings is 1. The van der Waals surface area contributed by atoms with E-state index in [1.54, 1.807) is 4.90 Å². The minimum absolute atomic E-state index is 0.133. The Balaban J connectivity index is 1.37. The second-order valence-electron chi connectivity index (χ2n) is 7.88. The number of fused-ring (bicyclic) bond motifs is 1. The summed E-state index contributed by atoms with van der Waals surface area (Å²) in [6.45, 7) is 1.92. The summed E-state index contributed by atoms with van der Waals surface area (Å²) in [6.07, 6.45) is 4.42. The molecule has 7 nitrogen and oxygen atoms in total. The van der Waals surface area contributed by atoms with E-state index in [0.29, 0.717) is 31.0 Å². The van der Waals surface area contributed by atoms with Gasteiger partial charge >= 0.3 is 0 Å². The molecule has 0 spiro atoms. The first kappa shape index (κ1) is 18.1. The number of carbonyl (C=O) groups is 3. The van der Waals surface area contributed by atoms with Gasteiger partial charge in [0, 0.05) is 37.7 Å². The molecule has 2 unspecified atom stereocenters. The Bertz CT molecular complexity index is 774. The molecule has 1 aromatic rings. The van der Waals surface area contributed by atoms with Gasteiger partial charge in [-0.3, -0.25) is 19.7 Å². The zero-order valence-corrected chi connectivity index (χ0v) is 15.4. The molecule has 0 aromatic heterocycles. The Morgan fingerprint density at radius 3 is 2.74 bits per heavy atom. The molecule has 4 rings (SSSR count). The number of nitrogens with two attached hydrogens (primary N) is 1. The lowest BCUT2D eigenvalue weighted by Gasteiger charge is -2.31.